The molecule has 0 radical (unpaired) electrons. The summed E-state index contributed by atoms with van der Waals surface area (Å²) < 4.78 is 1.07. The van der Waals surface area contributed by atoms with Crippen molar-refractivity contribution in [2.24, 2.45) is 7.05 Å². The number of piperazine rings is 1. The number of nitrogens with zero attached hydrogens (tertiary/aromatic N) is 4. The Morgan fingerprint density at radius 1 is 1.00 bits per heavy atom. The summed E-state index contributed by atoms with van der Waals surface area (Å²) in [6.45, 7) is 3.09. The predicted molar refractivity (Wildman–Crippen MR) is 98.5 cm³/mol. The molecule has 2 aromatic heterocycles. The summed E-state index contributed by atoms with van der Waals surface area (Å²) in [6, 6.07) is 11.6. The second-order valence-electron chi connectivity index (χ2n) is 6.18. The molecule has 0 spiro atoms. The molecule has 0 amide bonds. The number of fused-ring (bicyclic) bond motifs is 1. The number of H-pyrrole nitrogens is 1. The third-order valence-electron chi connectivity index (χ3n) is 4.72. The van der Waals surface area contributed by atoms with Crippen molar-refractivity contribution < 1.29 is 0 Å². The van der Waals surface area contributed by atoms with E-state index in [1.165, 1.54) is 18.8 Å². The van der Waals surface area contributed by atoms with Gasteiger partial charge in [-0.1, -0.05) is 18.2 Å². The van der Waals surface area contributed by atoms with E-state index >= 15 is 0 Å². The van der Waals surface area contributed by atoms with Crippen LogP contribution >= 0.6 is 0 Å². The molecule has 0 unspecified atom stereocenters. The normalized spacial score (nSPS) is 14.9. The van der Waals surface area contributed by atoms with Gasteiger partial charge >= 0.3 is 5.69 Å². The Bertz CT molecular complexity index is 995. The molecule has 0 saturated carbocycles. The molecule has 4 rings (SSSR count). The predicted octanol–water partition coefficient (Wildman–Crippen LogP) is 0.948. The number of aromatic amines is 1. The average molecular weight is 337 g/mol. The van der Waals surface area contributed by atoms with Crippen LogP contribution in [-0.2, 0) is 7.05 Å². The van der Waals surface area contributed by atoms with Crippen molar-refractivity contribution in [3.8, 4) is 0 Å². The van der Waals surface area contributed by atoms with Crippen LogP contribution in [0.2, 0.25) is 0 Å². The van der Waals surface area contributed by atoms with Gasteiger partial charge in [0.05, 0.1) is 5.52 Å². The second-order valence-corrected chi connectivity index (χ2v) is 6.18. The van der Waals surface area contributed by atoms with Crippen molar-refractivity contribution in [3.63, 3.8) is 0 Å². The number of nitrogens with one attached hydrogen (secondary N) is 1. The van der Waals surface area contributed by atoms with Crippen molar-refractivity contribution in [1.29, 1.82) is 0 Å². The van der Waals surface area contributed by atoms with Crippen LogP contribution in [0.25, 0.3) is 10.9 Å². The summed E-state index contributed by atoms with van der Waals surface area (Å²) >= 11 is 0. The highest BCUT2D eigenvalue weighted by Gasteiger charge is 2.20. The molecule has 25 heavy (non-hydrogen) atoms. The van der Waals surface area contributed by atoms with Crippen LogP contribution in [0.4, 0.5) is 11.5 Å². The van der Waals surface area contributed by atoms with Crippen LogP contribution in [-0.4, -0.2) is 40.7 Å². The summed E-state index contributed by atoms with van der Waals surface area (Å²) in [5.41, 5.74) is 1.48. The highest BCUT2D eigenvalue weighted by Crippen LogP contribution is 2.26. The molecule has 1 N–H and O–H groups in total. The Morgan fingerprint density at radius 3 is 2.48 bits per heavy atom. The summed E-state index contributed by atoms with van der Waals surface area (Å²) in [6.07, 6.45) is 1.84. The third kappa shape index (κ3) is 2.77. The quantitative estimate of drug-likeness (QED) is 0.754. The lowest BCUT2D eigenvalue weighted by Gasteiger charge is -2.37. The Balaban J connectivity index is 1.57. The molecule has 1 aliphatic rings. The van der Waals surface area contributed by atoms with E-state index < -0.39 is 0 Å². The Labute approximate surface area is 144 Å². The molecular weight excluding hydrogens is 318 g/mol. The fraction of sp³-hybridized carbons (Fsp3) is 0.278. The van der Waals surface area contributed by atoms with Gasteiger partial charge in [-0.3, -0.25) is 19.3 Å². The van der Waals surface area contributed by atoms with Gasteiger partial charge in [0, 0.05) is 56.6 Å². The standard InChI is InChI=1S/C18H19N5O2/c1-21-17(24)12-16(20-18(21)25)23-10-8-22(9-11-23)15-6-7-19-14-5-3-2-4-13(14)15/h2-7,12H,8-11H2,1H3,(H,20,25). The summed E-state index contributed by atoms with van der Waals surface area (Å²) in [7, 11) is 1.47. The van der Waals surface area contributed by atoms with E-state index in [0.29, 0.717) is 5.82 Å². The van der Waals surface area contributed by atoms with E-state index in [2.05, 4.69) is 20.9 Å². The van der Waals surface area contributed by atoms with Gasteiger partial charge in [-0.05, 0) is 12.1 Å². The minimum atomic E-state index is -0.384. The first-order valence-electron chi connectivity index (χ1n) is 8.27. The van der Waals surface area contributed by atoms with Gasteiger partial charge < -0.3 is 9.80 Å². The zero-order valence-electron chi connectivity index (χ0n) is 14.0. The molecule has 3 aromatic rings. The lowest BCUT2D eigenvalue weighted by Crippen LogP contribution is -2.48. The number of benzene rings is 1. The van der Waals surface area contributed by atoms with Crippen molar-refractivity contribution in [2.45, 2.75) is 0 Å². The fourth-order valence-corrected chi connectivity index (χ4v) is 3.26. The zero-order chi connectivity index (χ0) is 17.4. The monoisotopic (exact) mass is 337 g/mol. The molecule has 3 heterocycles. The number of para-hydroxylation sites is 1. The minimum absolute atomic E-state index is 0.290. The first kappa shape index (κ1) is 15.4. The minimum Gasteiger partial charge on any atom is -0.367 e. The molecule has 128 valence electrons. The molecule has 1 saturated heterocycles. The topological polar surface area (TPSA) is 74.2 Å². The van der Waals surface area contributed by atoms with E-state index in [-0.39, 0.29) is 11.2 Å². The highest BCUT2D eigenvalue weighted by molar-refractivity contribution is 5.91. The van der Waals surface area contributed by atoms with E-state index in [4.69, 9.17) is 0 Å². The van der Waals surface area contributed by atoms with Gasteiger partial charge in [-0.2, -0.15) is 0 Å². The molecule has 7 heteroatoms. The molecule has 0 atom stereocenters. The molecule has 1 aromatic carbocycles. The maximum atomic E-state index is 11.8. The van der Waals surface area contributed by atoms with Crippen LogP contribution in [0.15, 0.2) is 52.2 Å². The van der Waals surface area contributed by atoms with Gasteiger partial charge in [-0.25, -0.2) is 4.79 Å². The molecular formula is C18H19N5O2. The van der Waals surface area contributed by atoms with Crippen LogP contribution in [0.1, 0.15) is 0 Å². The maximum absolute atomic E-state index is 11.8. The number of pyridine rings is 1. The van der Waals surface area contributed by atoms with Gasteiger partial charge in [0.25, 0.3) is 5.56 Å². The Morgan fingerprint density at radius 2 is 1.72 bits per heavy atom. The van der Waals surface area contributed by atoms with Gasteiger partial charge in [-0.15, -0.1) is 0 Å². The van der Waals surface area contributed by atoms with E-state index in [0.717, 1.165) is 41.6 Å². The summed E-state index contributed by atoms with van der Waals surface area (Å²) in [5.74, 6) is 0.590. The van der Waals surface area contributed by atoms with Gasteiger partial charge in [0.2, 0.25) is 0 Å². The van der Waals surface area contributed by atoms with Crippen LogP contribution in [0, 0.1) is 0 Å². The fourth-order valence-electron chi connectivity index (χ4n) is 3.26. The van der Waals surface area contributed by atoms with Crippen molar-refractivity contribution >= 4 is 22.4 Å². The largest absolute Gasteiger partial charge is 0.367 e. The van der Waals surface area contributed by atoms with E-state index in [9.17, 15) is 9.59 Å². The van der Waals surface area contributed by atoms with E-state index in [1.807, 2.05) is 35.4 Å². The third-order valence-corrected chi connectivity index (χ3v) is 4.72. The van der Waals surface area contributed by atoms with Crippen LogP contribution in [0.5, 0.6) is 0 Å². The summed E-state index contributed by atoms with van der Waals surface area (Å²) in [5, 5.41) is 1.14. The number of rotatable bonds is 2. The Kier molecular flexibility index (Phi) is 3.76. The van der Waals surface area contributed by atoms with E-state index in [1.54, 1.807) is 0 Å². The molecule has 1 aliphatic heterocycles. The number of hydrogen-bond acceptors (Lipinski definition) is 5. The second kappa shape index (κ2) is 6.08. The SMILES string of the molecule is Cn1c(=O)cc(N2CCN(c3ccnc4ccccc34)CC2)[nH]c1=O. The summed E-state index contributed by atoms with van der Waals surface area (Å²) in [4.78, 5) is 35.2. The van der Waals surface area contributed by atoms with Crippen LogP contribution in [0.3, 0.4) is 0 Å². The van der Waals surface area contributed by atoms with Crippen molar-refractivity contribution in [3.05, 3.63) is 63.4 Å². The smallest absolute Gasteiger partial charge is 0.329 e. The lowest BCUT2D eigenvalue weighted by atomic mass is 10.1. The molecule has 0 aliphatic carbocycles. The van der Waals surface area contributed by atoms with Crippen molar-refractivity contribution in [1.82, 2.24) is 14.5 Å². The molecule has 7 nitrogen and oxygen atoms in total. The highest BCUT2D eigenvalue weighted by atomic mass is 16.2. The average Bonchev–Trinajstić information content (AvgIpc) is 2.65. The lowest BCUT2D eigenvalue weighted by molar-refractivity contribution is 0.641. The first-order valence-corrected chi connectivity index (χ1v) is 8.27. The van der Waals surface area contributed by atoms with Crippen LogP contribution < -0.4 is 21.0 Å². The van der Waals surface area contributed by atoms with Gasteiger partial charge in [0.15, 0.2) is 0 Å². The number of aromatic nitrogens is 3. The zero-order valence-corrected chi connectivity index (χ0v) is 14.0. The Hall–Kier alpha value is -3.09. The molecule has 0 bridgehead atoms. The first-order chi connectivity index (χ1) is 12.1. The maximum Gasteiger partial charge on any atom is 0.329 e. The number of hydrogen-bond donors (Lipinski definition) is 1. The number of anilines is 2. The van der Waals surface area contributed by atoms with Crippen molar-refractivity contribution in [2.75, 3.05) is 36.0 Å². The molecule has 1 fully saturated rings. The van der Waals surface area contributed by atoms with Gasteiger partial charge in [0.1, 0.15) is 5.82 Å².